The zero-order valence-electron chi connectivity index (χ0n) is 10.7. The van der Waals surface area contributed by atoms with E-state index in [2.05, 4.69) is 24.0 Å². The van der Waals surface area contributed by atoms with Crippen LogP contribution in [0.4, 0.5) is 0 Å². The van der Waals surface area contributed by atoms with Crippen LogP contribution in [0.5, 0.6) is 0 Å². The molecule has 2 aliphatic rings. The smallest absolute Gasteiger partial charge is 0.139 e. The van der Waals surface area contributed by atoms with Crippen molar-refractivity contribution in [3.63, 3.8) is 0 Å². The third-order valence-electron chi connectivity index (χ3n) is 4.13. The maximum absolute atomic E-state index is 8.64. The van der Waals surface area contributed by atoms with E-state index in [0.717, 1.165) is 19.6 Å². The van der Waals surface area contributed by atoms with Crippen molar-refractivity contribution in [3.8, 4) is 0 Å². The molecule has 0 aromatic carbocycles. The summed E-state index contributed by atoms with van der Waals surface area (Å²) >= 11 is 0. The van der Waals surface area contributed by atoms with Gasteiger partial charge in [-0.1, -0.05) is 5.16 Å². The zero-order chi connectivity index (χ0) is 12.5. The molecule has 5 nitrogen and oxygen atoms in total. The molecular formula is C12H23N3O2. The Morgan fingerprint density at radius 1 is 1.59 bits per heavy atom. The van der Waals surface area contributed by atoms with Crippen LogP contribution in [0.1, 0.15) is 32.6 Å². The van der Waals surface area contributed by atoms with Crippen LogP contribution in [-0.2, 0) is 4.74 Å². The summed E-state index contributed by atoms with van der Waals surface area (Å²) in [5, 5.41) is 11.7. The molecule has 0 aromatic rings. The van der Waals surface area contributed by atoms with Crippen molar-refractivity contribution in [3.05, 3.63) is 0 Å². The number of likely N-dealkylation sites (N-methyl/N-ethyl adjacent to an activating group) is 1. The monoisotopic (exact) mass is 241 g/mol. The second kappa shape index (κ2) is 4.82. The van der Waals surface area contributed by atoms with Crippen LogP contribution >= 0.6 is 0 Å². The molecular weight excluding hydrogens is 218 g/mol. The zero-order valence-corrected chi connectivity index (χ0v) is 10.7. The Kier molecular flexibility index (Phi) is 3.58. The van der Waals surface area contributed by atoms with E-state index in [0.29, 0.717) is 24.4 Å². The van der Waals surface area contributed by atoms with Crippen LogP contribution in [0, 0.1) is 5.41 Å². The van der Waals surface area contributed by atoms with Gasteiger partial charge in [0.1, 0.15) is 5.84 Å². The number of nitrogens with zero attached hydrogens (tertiary/aromatic N) is 2. The normalized spacial score (nSPS) is 32.1. The predicted molar refractivity (Wildman–Crippen MR) is 66.1 cm³/mol. The van der Waals surface area contributed by atoms with E-state index >= 15 is 0 Å². The first kappa shape index (κ1) is 12.6. The fraction of sp³-hybridized carbons (Fsp3) is 0.917. The summed E-state index contributed by atoms with van der Waals surface area (Å²) in [6.07, 6.45) is 4.48. The molecule has 0 bridgehead atoms. The average molecular weight is 241 g/mol. The van der Waals surface area contributed by atoms with E-state index < -0.39 is 0 Å². The average Bonchev–Trinajstić information content (AvgIpc) is 2.88. The Morgan fingerprint density at radius 2 is 2.29 bits per heavy atom. The van der Waals surface area contributed by atoms with Gasteiger partial charge in [0.25, 0.3) is 0 Å². The highest BCUT2D eigenvalue weighted by Crippen LogP contribution is 2.49. The van der Waals surface area contributed by atoms with E-state index in [1.54, 1.807) is 0 Å². The molecule has 1 saturated carbocycles. The Morgan fingerprint density at radius 3 is 2.76 bits per heavy atom. The maximum atomic E-state index is 8.64. The van der Waals surface area contributed by atoms with E-state index in [1.807, 2.05) is 0 Å². The Labute approximate surface area is 103 Å². The van der Waals surface area contributed by atoms with Gasteiger partial charge in [-0.15, -0.1) is 0 Å². The lowest BCUT2D eigenvalue weighted by molar-refractivity contribution is 0.0767. The van der Waals surface area contributed by atoms with Gasteiger partial charge < -0.3 is 20.6 Å². The van der Waals surface area contributed by atoms with Crippen molar-refractivity contribution in [2.75, 3.05) is 20.2 Å². The molecule has 1 saturated heterocycles. The van der Waals surface area contributed by atoms with Gasteiger partial charge in [-0.05, 0) is 38.6 Å². The summed E-state index contributed by atoms with van der Waals surface area (Å²) in [7, 11) is 2.15. The highest BCUT2D eigenvalue weighted by molar-refractivity contribution is 5.80. The van der Waals surface area contributed by atoms with Gasteiger partial charge in [0.05, 0.1) is 6.10 Å². The number of hydrogen-bond donors (Lipinski definition) is 2. The number of hydrogen-bond acceptors (Lipinski definition) is 4. The van der Waals surface area contributed by atoms with Crippen molar-refractivity contribution < 1.29 is 9.94 Å². The molecule has 3 N–H and O–H groups in total. The largest absolute Gasteiger partial charge is 0.409 e. The molecule has 0 radical (unpaired) electrons. The standard InChI is InChI=1S/C12H23N3O2/c1-9-10(3-6-17-9)15(2)8-12(4-5-12)7-11(13)14-16/h9-10,16H,3-8H2,1-2H3,(H2,13,14). The molecule has 5 heteroatoms. The van der Waals surface area contributed by atoms with E-state index in [-0.39, 0.29) is 5.41 Å². The Balaban J connectivity index is 1.87. The molecule has 2 rings (SSSR count). The van der Waals surface area contributed by atoms with Gasteiger partial charge in [-0.25, -0.2) is 0 Å². The van der Waals surface area contributed by atoms with Crippen molar-refractivity contribution in [2.24, 2.45) is 16.3 Å². The van der Waals surface area contributed by atoms with Gasteiger partial charge in [0.2, 0.25) is 0 Å². The van der Waals surface area contributed by atoms with Crippen molar-refractivity contribution in [1.29, 1.82) is 0 Å². The number of ether oxygens (including phenoxy) is 1. The molecule has 1 aliphatic carbocycles. The quantitative estimate of drug-likeness (QED) is 0.326. The third-order valence-corrected chi connectivity index (χ3v) is 4.13. The topological polar surface area (TPSA) is 71.1 Å². The molecule has 1 aliphatic heterocycles. The second-order valence-electron chi connectivity index (χ2n) is 5.62. The summed E-state index contributed by atoms with van der Waals surface area (Å²) in [5.41, 5.74) is 5.86. The first-order chi connectivity index (χ1) is 8.06. The minimum Gasteiger partial charge on any atom is -0.409 e. The highest BCUT2D eigenvalue weighted by atomic mass is 16.5. The minimum absolute atomic E-state index is 0.243. The van der Waals surface area contributed by atoms with Crippen LogP contribution in [0.25, 0.3) is 0 Å². The summed E-state index contributed by atoms with van der Waals surface area (Å²) in [5.74, 6) is 0.353. The number of amidine groups is 1. The molecule has 0 aromatic heterocycles. The minimum atomic E-state index is 0.243. The molecule has 98 valence electrons. The summed E-state index contributed by atoms with van der Waals surface area (Å²) in [6, 6.07) is 0.514. The third kappa shape index (κ3) is 2.90. The Bertz CT molecular complexity index is 302. The van der Waals surface area contributed by atoms with Crippen molar-refractivity contribution >= 4 is 5.84 Å². The molecule has 0 amide bonds. The summed E-state index contributed by atoms with van der Waals surface area (Å²) < 4.78 is 5.59. The van der Waals surface area contributed by atoms with Crippen LogP contribution in [0.15, 0.2) is 5.16 Å². The summed E-state index contributed by atoms with van der Waals surface area (Å²) in [6.45, 7) is 4.02. The number of oxime groups is 1. The van der Waals surface area contributed by atoms with Crippen LogP contribution < -0.4 is 5.73 Å². The molecule has 17 heavy (non-hydrogen) atoms. The molecule has 2 fully saturated rings. The predicted octanol–water partition coefficient (Wildman–Crippen LogP) is 1.01. The highest BCUT2D eigenvalue weighted by Gasteiger charge is 2.45. The first-order valence-corrected chi connectivity index (χ1v) is 6.34. The maximum Gasteiger partial charge on any atom is 0.139 e. The van der Waals surface area contributed by atoms with E-state index in [4.69, 9.17) is 15.7 Å². The fourth-order valence-electron chi connectivity index (χ4n) is 2.93. The molecule has 0 spiro atoms. The van der Waals surface area contributed by atoms with E-state index in [1.165, 1.54) is 12.8 Å². The van der Waals surface area contributed by atoms with Gasteiger partial charge in [0, 0.05) is 25.6 Å². The number of nitrogens with two attached hydrogens (primary N) is 1. The fourth-order valence-corrected chi connectivity index (χ4v) is 2.93. The molecule has 1 heterocycles. The SMILES string of the molecule is CC1OCCC1N(C)CC1(CC(N)=NO)CC1. The van der Waals surface area contributed by atoms with Gasteiger partial charge in [0.15, 0.2) is 0 Å². The van der Waals surface area contributed by atoms with Crippen LogP contribution in [-0.4, -0.2) is 48.3 Å². The lowest BCUT2D eigenvalue weighted by atomic mass is 9.99. The van der Waals surface area contributed by atoms with Crippen molar-refractivity contribution in [2.45, 2.75) is 44.8 Å². The Hall–Kier alpha value is -0.810. The first-order valence-electron chi connectivity index (χ1n) is 6.34. The number of rotatable bonds is 5. The van der Waals surface area contributed by atoms with Crippen molar-refractivity contribution in [1.82, 2.24) is 4.90 Å². The van der Waals surface area contributed by atoms with E-state index in [9.17, 15) is 0 Å². The summed E-state index contributed by atoms with van der Waals surface area (Å²) in [4.78, 5) is 2.38. The van der Waals surface area contributed by atoms with Crippen LogP contribution in [0.2, 0.25) is 0 Å². The van der Waals surface area contributed by atoms with Gasteiger partial charge in [-0.3, -0.25) is 0 Å². The van der Waals surface area contributed by atoms with Gasteiger partial charge in [-0.2, -0.15) is 0 Å². The molecule has 2 unspecified atom stereocenters. The van der Waals surface area contributed by atoms with Gasteiger partial charge >= 0.3 is 0 Å². The second-order valence-corrected chi connectivity index (χ2v) is 5.62. The van der Waals surface area contributed by atoms with Crippen LogP contribution in [0.3, 0.4) is 0 Å². The lowest BCUT2D eigenvalue weighted by Gasteiger charge is -2.30. The molecule has 2 atom stereocenters. The lowest BCUT2D eigenvalue weighted by Crippen LogP contribution is -2.41.